The van der Waals surface area contributed by atoms with E-state index in [2.05, 4.69) is 9.97 Å². The fourth-order valence-electron chi connectivity index (χ4n) is 2.23. The van der Waals surface area contributed by atoms with Crippen molar-refractivity contribution in [3.8, 4) is 10.6 Å². The molecule has 0 saturated carbocycles. The number of ketones is 1. The lowest BCUT2D eigenvalue weighted by molar-refractivity contribution is 0.105. The van der Waals surface area contributed by atoms with Crippen molar-refractivity contribution in [1.29, 1.82) is 0 Å². The molecule has 25 heavy (non-hydrogen) atoms. The summed E-state index contributed by atoms with van der Waals surface area (Å²) in [6, 6.07) is 10.0. The number of carbonyl (C=O) groups excluding carboxylic acids is 1. The van der Waals surface area contributed by atoms with Crippen LogP contribution in [0.2, 0.25) is 0 Å². The van der Waals surface area contributed by atoms with Crippen molar-refractivity contribution < 1.29 is 10.0 Å². The molecular formula is C18H14N3O3S-. The average Bonchev–Trinajstić information content (AvgIpc) is 3.02. The van der Waals surface area contributed by atoms with E-state index in [4.69, 9.17) is 5.21 Å². The van der Waals surface area contributed by atoms with Gasteiger partial charge in [0.2, 0.25) is 0 Å². The fourth-order valence-corrected chi connectivity index (χ4v) is 3.21. The molecular weight excluding hydrogens is 338 g/mol. The molecule has 2 heterocycles. The van der Waals surface area contributed by atoms with Crippen molar-refractivity contribution in [1.82, 2.24) is 9.97 Å². The number of thiazole rings is 1. The van der Waals surface area contributed by atoms with Crippen LogP contribution in [0.15, 0.2) is 54.9 Å². The van der Waals surface area contributed by atoms with Crippen molar-refractivity contribution in [2.45, 2.75) is 6.92 Å². The third-order valence-corrected chi connectivity index (χ3v) is 4.67. The van der Waals surface area contributed by atoms with Gasteiger partial charge in [-0.1, -0.05) is 18.2 Å². The Morgan fingerprint density at radius 3 is 2.88 bits per heavy atom. The van der Waals surface area contributed by atoms with E-state index >= 15 is 0 Å². The van der Waals surface area contributed by atoms with Crippen LogP contribution in [0.1, 0.15) is 20.9 Å². The molecule has 0 bridgehead atoms. The zero-order valence-electron chi connectivity index (χ0n) is 13.3. The van der Waals surface area contributed by atoms with Crippen LogP contribution in [0.3, 0.4) is 0 Å². The van der Waals surface area contributed by atoms with Gasteiger partial charge in [0, 0.05) is 18.0 Å². The molecule has 1 aromatic carbocycles. The molecule has 0 amide bonds. The number of benzene rings is 1. The van der Waals surface area contributed by atoms with E-state index < -0.39 is 0 Å². The SMILES string of the molecule is Cc1nc(-c2cccnc2)sc1C(=O)/C=C/c1cccc(N([O-])O)c1. The number of aromatic nitrogens is 2. The standard InChI is InChI=1S/C18H14N3O3S/c1-12-17(25-18(20-12)14-5-3-9-19-11-14)16(22)8-7-13-4-2-6-15(10-13)21(23)24/h2-11,23H,1H3/q-1/b8-7+. The summed E-state index contributed by atoms with van der Waals surface area (Å²) in [7, 11) is 0. The minimum absolute atomic E-state index is 0.0995. The molecule has 126 valence electrons. The highest BCUT2D eigenvalue weighted by Gasteiger charge is 2.14. The number of allylic oxidation sites excluding steroid dienone is 1. The van der Waals surface area contributed by atoms with Crippen LogP contribution < -0.4 is 5.23 Å². The van der Waals surface area contributed by atoms with Gasteiger partial charge in [-0.3, -0.25) is 15.0 Å². The fraction of sp³-hybridized carbons (Fsp3) is 0.0556. The van der Waals surface area contributed by atoms with Crippen LogP contribution in [0.5, 0.6) is 0 Å². The van der Waals surface area contributed by atoms with Gasteiger partial charge in [0.05, 0.1) is 16.3 Å². The summed E-state index contributed by atoms with van der Waals surface area (Å²) < 4.78 is 0. The van der Waals surface area contributed by atoms with Crippen molar-refractivity contribution in [3.63, 3.8) is 0 Å². The van der Waals surface area contributed by atoms with Gasteiger partial charge in [-0.05, 0) is 42.8 Å². The van der Waals surface area contributed by atoms with Gasteiger partial charge in [-0.2, -0.15) is 0 Å². The van der Waals surface area contributed by atoms with Crippen molar-refractivity contribution in [2.75, 3.05) is 5.23 Å². The maximum absolute atomic E-state index is 12.4. The van der Waals surface area contributed by atoms with E-state index in [1.165, 1.54) is 29.5 Å². The zero-order chi connectivity index (χ0) is 17.8. The molecule has 0 radical (unpaired) electrons. The second kappa shape index (κ2) is 7.35. The molecule has 0 aliphatic heterocycles. The lowest BCUT2D eigenvalue weighted by atomic mass is 10.1. The summed E-state index contributed by atoms with van der Waals surface area (Å²) in [6.45, 7) is 1.79. The summed E-state index contributed by atoms with van der Waals surface area (Å²) in [6.07, 6.45) is 6.41. The molecule has 0 saturated heterocycles. The Bertz CT molecular complexity index is 920. The molecule has 1 N–H and O–H groups in total. The van der Waals surface area contributed by atoms with Crippen LogP contribution in [0.4, 0.5) is 5.69 Å². The average molecular weight is 352 g/mol. The number of rotatable bonds is 5. The first-order valence-corrected chi connectivity index (χ1v) is 8.22. The number of pyridine rings is 1. The molecule has 0 fully saturated rings. The number of anilines is 1. The van der Waals surface area contributed by atoms with Gasteiger partial charge in [0.15, 0.2) is 5.78 Å². The molecule has 0 atom stereocenters. The first kappa shape index (κ1) is 17.0. The van der Waals surface area contributed by atoms with Gasteiger partial charge in [0.1, 0.15) is 5.01 Å². The summed E-state index contributed by atoms with van der Waals surface area (Å²) in [5, 5.41) is 20.4. The third-order valence-electron chi connectivity index (χ3n) is 3.45. The number of hydrogen-bond donors (Lipinski definition) is 1. The van der Waals surface area contributed by atoms with Crippen LogP contribution in [-0.4, -0.2) is 21.0 Å². The normalized spacial score (nSPS) is 11.0. The highest BCUT2D eigenvalue weighted by atomic mass is 32.1. The first-order chi connectivity index (χ1) is 12.0. The van der Waals surface area contributed by atoms with E-state index in [1.807, 2.05) is 12.1 Å². The third kappa shape index (κ3) is 3.97. The second-order valence-electron chi connectivity index (χ2n) is 5.24. The molecule has 2 aromatic heterocycles. The van der Waals surface area contributed by atoms with Crippen LogP contribution >= 0.6 is 11.3 Å². The maximum atomic E-state index is 12.4. The van der Waals surface area contributed by atoms with Crippen LogP contribution in [0.25, 0.3) is 16.6 Å². The second-order valence-corrected chi connectivity index (χ2v) is 6.24. The minimum atomic E-state index is -0.216. The molecule has 3 aromatic rings. The summed E-state index contributed by atoms with van der Waals surface area (Å²) in [4.78, 5) is 21.5. The maximum Gasteiger partial charge on any atom is 0.197 e. The highest BCUT2D eigenvalue weighted by molar-refractivity contribution is 7.17. The quantitative estimate of drug-likeness (QED) is 0.422. The monoisotopic (exact) mass is 352 g/mol. The Labute approximate surface area is 148 Å². The highest BCUT2D eigenvalue weighted by Crippen LogP contribution is 2.28. The number of aryl methyl sites for hydroxylation is 1. The Morgan fingerprint density at radius 1 is 1.32 bits per heavy atom. The number of carbonyl (C=O) groups is 1. The molecule has 7 heteroatoms. The molecule has 0 unspecified atom stereocenters. The Hall–Kier alpha value is -2.87. The Balaban J connectivity index is 1.82. The molecule has 3 rings (SSSR count). The first-order valence-electron chi connectivity index (χ1n) is 7.41. The molecule has 6 nitrogen and oxygen atoms in total. The number of nitrogens with zero attached hydrogens (tertiary/aromatic N) is 3. The van der Waals surface area contributed by atoms with Gasteiger partial charge in [-0.25, -0.2) is 4.98 Å². The van der Waals surface area contributed by atoms with Gasteiger partial charge >= 0.3 is 0 Å². The lowest BCUT2D eigenvalue weighted by Gasteiger charge is -2.21. The van der Waals surface area contributed by atoms with E-state index in [0.717, 1.165) is 10.6 Å². The predicted molar refractivity (Wildman–Crippen MR) is 97.5 cm³/mol. The van der Waals surface area contributed by atoms with Crippen molar-refractivity contribution in [2.24, 2.45) is 0 Å². The van der Waals surface area contributed by atoms with Gasteiger partial charge < -0.3 is 10.4 Å². The van der Waals surface area contributed by atoms with E-state index in [1.54, 1.807) is 37.5 Å². The number of hydrogen-bond acceptors (Lipinski definition) is 7. The van der Waals surface area contributed by atoms with Gasteiger partial charge in [0.25, 0.3) is 0 Å². The summed E-state index contributed by atoms with van der Waals surface area (Å²) >= 11 is 1.31. The largest absolute Gasteiger partial charge is 0.733 e. The lowest BCUT2D eigenvalue weighted by Crippen LogP contribution is -2.06. The molecule has 0 aliphatic rings. The molecule has 0 aliphatic carbocycles. The summed E-state index contributed by atoms with van der Waals surface area (Å²) in [5.74, 6) is -0.168. The summed E-state index contributed by atoms with van der Waals surface area (Å²) in [5.41, 5.74) is 2.26. The van der Waals surface area contributed by atoms with Gasteiger partial charge in [-0.15, -0.1) is 11.3 Å². The Morgan fingerprint density at radius 2 is 2.16 bits per heavy atom. The van der Waals surface area contributed by atoms with Crippen LogP contribution in [0, 0.1) is 12.1 Å². The van der Waals surface area contributed by atoms with Crippen molar-refractivity contribution in [3.05, 3.63) is 76.2 Å². The Kier molecular flexibility index (Phi) is 4.99. The van der Waals surface area contributed by atoms with Crippen LogP contribution in [-0.2, 0) is 0 Å². The predicted octanol–water partition coefficient (Wildman–Crippen LogP) is 4.10. The smallest absolute Gasteiger partial charge is 0.197 e. The zero-order valence-corrected chi connectivity index (χ0v) is 14.1. The van der Waals surface area contributed by atoms with E-state index in [0.29, 0.717) is 16.1 Å². The van der Waals surface area contributed by atoms with E-state index in [9.17, 15) is 10.0 Å². The van der Waals surface area contributed by atoms with E-state index in [-0.39, 0.29) is 16.7 Å². The van der Waals surface area contributed by atoms with Crippen molar-refractivity contribution >= 4 is 28.9 Å². The minimum Gasteiger partial charge on any atom is -0.733 e. The topological polar surface area (TPSA) is 89.4 Å². The molecule has 0 spiro atoms.